The molecule has 0 spiro atoms. The Morgan fingerprint density at radius 1 is 0.318 bits per heavy atom. The van der Waals surface area contributed by atoms with Gasteiger partial charge in [-0.15, -0.1) is 0 Å². The highest BCUT2D eigenvalue weighted by molar-refractivity contribution is 6.31. The first-order chi connectivity index (χ1) is 43.2. The van der Waals surface area contributed by atoms with Gasteiger partial charge in [0, 0.05) is 82.7 Å². The Kier molecular flexibility index (Phi) is 35.0. The second-order valence-electron chi connectivity index (χ2n) is 24.8. The maximum absolute atomic E-state index is 6.43. The van der Waals surface area contributed by atoms with Crippen LogP contribution in [0.3, 0.4) is 0 Å². The second kappa shape index (κ2) is 43.1. The molecule has 0 radical (unpaired) electrons. The number of hydrogen-bond donors (Lipinski definition) is 0. The number of aromatic nitrogens is 2. The molecule has 0 aliphatic rings. The molecule has 0 bridgehead atoms. The van der Waals surface area contributed by atoms with Crippen molar-refractivity contribution in [1.29, 1.82) is 0 Å². The van der Waals surface area contributed by atoms with Gasteiger partial charge in [0.2, 0.25) is 0 Å². The van der Waals surface area contributed by atoms with Crippen LogP contribution in [0, 0.1) is 0 Å². The van der Waals surface area contributed by atoms with E-state index in [0.717, 1.165) is 112 Å². The van der Waals surface area contributed by atoms with Crippen LogP contribution in [-0.4, -0.2) is 14.1 Å². The lowest BCUT2D eigenvalue weighted by molar-refractivity contribution is -0.696. The molecule has 88 heavy (non-hydrogen) atoms. The van der Waals surface area contributed by atoms with Crippen molar-refractivity contribution in [2.75, 3.05) is 23.9 Å². The first-order valence-corrected chi connectivity index (χ1v) is 35.8. The van der Waals surface area contributed by atoms with Gasteiger partial charge in [-0.3, -0.25) is 0 Å². The molecule has 0 fully saturated rings. The molecule has 0 unspecified atom stereocenters. The van der Waals surface area contributed by atoms with E-state index in [1.165, 1.54) is 185 Å². The predicted octanol–water partition coefficient (Wildman–Crippen LogP) is 24.3. The van der Waals surface area contributed by atoms with Gasteiger partial charge in [0.15, 0.2) is 36.9 Å². The fourth-order valence-corrected chi connectivity index (χ4v) is 12.5. The molecule has 0 aliphatic heterocycles. The number of halogens is 2. The highest BCUT2D eigenvalue weighted by Gasteiger charge is 2.25. The molecule has 0 atom stereocenters. The maximum Gasteiger partial charge on any atom is 0.186 e. The predicted molar refractivity (Wildman–Crippen MR) is 386 cm³/mol. The molecule has 0 amide bonds. The summed E-state index contributed by atoms with van der Waals surface area (Å²) in [6.45, 7) is 10.8. The molecule has 4 aromatic carbocycles. The van der Waals surface area contributed by atoms with Crippen molar-refractivity contribution in [2.45, 2.75) is 246 Å². The van der Waals surface area contributed by atoms with Gasteiger partial charge < -0.3 is 9.80 Å². The third-order valence-corrected chi connectivity index (χ3v) is 18.2. The third kappa shape index (κ3) is 25.7. The molecular formula is C82H114Cl2N4+2. The van der Waals surface area contributed by atoms with Crippen LogP contribution in [0.2, 0.25) is 10.0 Å². The molecule has 6 heteroatoms. The van der Waals surface area contributed by atoms with E-state index >= 15 is 0 Å². The van der Waals surface area contributed by atoms with Gasteiger partial charge >= 0.3 is 0 Å². The molecule has 0 saturated heterocycles. The summed E-state index contributed by atoms with van der Waals surface area (Å²) in [6.07, 6.45) is 62.7. The Morgan fingerprint density at radius 3 is 0.875 bits per heavy atom. The van der Waals surface area contributed by atoms with Crippen LogP contribution in [0.1, 0.15) is 241 Å². The van der Waals surface area contributed by atoms with Crippen molar-refractivity contribution in [1.82, 2.24) is 0 Å². The Hall–Kier alpha value is -5.68. The van der Waals surface area contributed by atoms with Gasteiger partial charge in [-0.25, -0.2) is 0 Å². The number of pyridine rings is 2. The summed E-state index contributed by atoms with van der Waals surface area (Å²) in [7, 11) is 4.46. The topological polar surface area (TPSA) is 14.2 Å². The summed E-state index contributed by atoms with van der Waals surface area (Å²) in [5.74, 6) is 0. The van der Waals surface area contributed by atoms with E-state index < -0.39 is 0 Å². The van der Waals surface area contributed by atoms with E-state index in [0.29, 0.717) is 0 Å². The number of hydrogen-bond acceptors (Lipinski definition) is 2. The summed E-state index contributed by atoms with van der Waals surface area (Å²) in [4.78, 5) is 4.77. The molecule has 0 saturated carbocycles. The molecule has 474 valence electrons. The van der Waals surface area contributed by atoms with Crippen molar-refractivity contribution in [3.8, 4) is 11.1 Å². The average Bonchev–Trinajstić information content (AvgIpc) is 3.69. The maximum atomic E-state index is 6.43. The lowest BCUT2D eigenvalue weighted by atomic mass is 9.97. The zero-order valence-corrected chi connectivity index (χ0v) is 57.3. The van der Waals surface area contributed by atoms with E-state index in [9.17, 15) is 0 Å². The molecule has 6 aromatic rings. The van der Waals surface area contributed by atoms with Crippen molar-refractivity contribution in [3.05, 3.63) is 214 Å². The van der Waals surface area contributed by atoms with Crippen molar-refractivity contribution in [2.24, 2.45) is 0 Å². The molecule has 4 nitrogen and oxygen atoms in total. The van der Waals surface area contributed by atoms with Crippen LogP contribution in [0.25, 0.3) is 11.1 Å². The smallest absolute Gasteiger partial charge is 0.186 e. The monoisotopic (exact) mass is 1220 g/mol. The SMILES string of the molecule is CCCCC/C=C/CCCCc1c(N(C)c2ccc(Cl)cc2)cc[n+](Cc2ccc(-c3ccc(C[n+]4ccc(N(C)c5ccc(Cl)cc5)c(CCCC/C=C/CCCCC)c4CCCC/C=C/CCCCC)cc3)cc2)c1CCCC/C=C/CCCCC. The fourth-order valence-electron chi connectivity index (χ4n) is 12.2. The van der Waals surface area contributed by atoms with Crippen LogP contribution in [0.4, 0.5) is 22.7 Å². The lowest BCUT2D eigenvalue weighted by Gasteiger charge is -2.24. The van der Waals surface area contributed by atoms with Gasteiger partial charge in [-0.1, -0.05) is 199 Å². The van der Waals surface area contributed by atoms with E-state index in [4.69, 9.17) is 23.2 Å². The van der Waals surface area contributed by atoms with Gasteiger partial charge in [0.05, 0.1) is 11.4 Å². The third-order valence-electron chi connectivity index (χ3n) is 17.7. The van der Waals surface area contributed by atoms with E-state index in [1.807, 2.05) is 24.3 Å². The number of unbranched alkanes of at least 4 members (excludes halogenated alkanes) is 20. The summed E-state index contributed by atoms with van der Waals surface area (Å²) in [5.41, 5.74) is 16.0. The fraction of sp³-hybridized carbons (Fsp3) is 0.488. The molecule has 0 N–H and O–H groups in total. The second-order valence-corrected chi connectivity index (χ2v) is 25.7. The van der Waals surface area contributed by atoms with Crippen LogP contribution >= 0.6 is 23.2 Å². The molecule has 6 rings (SSSR count). The number of allylic oxidation sites excluding steroid dienone is 8. The Balaban J connectivity index is 1.24. The van der Waals surface area contributed by atoms with E-state index in [1.54, 1.807) is 0 Å². The largest absolute Gasteiger partial charge is 0.344 e. The summed E-state index contributed by atoms with van der Waals surface area (Å²) < 4.78 is 5.15. The minimum Gasteiger partial charge on any atom is -0.344 e. The van der Waals surface area contributed by atoms with Gasteiger partial charge in [-0.05, 0) is 201 Å². The quantitative estimate of drug-likeness (QED) is 0.0215. The van der Waals surface area contributed by atoms with E-state index in [2.05, 4.69) is 207 Å². The molecule has 0 aliphatic carbocycles. The minimum atomic E-state index is 0.767. The van der Waals surface area contributed by atoms with Crippen LogP contribution in [0.15, 0.2) is 170 Å². The van der Waals surface area contributed by atoms with Gasteiger partial charge in [-0.2, -0.15) is 9.13 Å². The minimum absolute atomic E-state index is 0.767. The van der Waals surface area contributed by atoms with Crippen molar-refractivity contribution < 1.29 is 9.13 Å². The van der Waals surface area contributed by atoms with Crippen LogP contribution in [0.5, 0.6) is 0 Å². The number of anilines is 4. The standard InChI is InChI=1S/C82H114Cl2N4/c1-7-11-15-19-23-27-31-35-39-43-77-79(85(5)75-59-55-73(83)56-60-75)63-65-87(81(77)45-41-37-33-29-25-21-17-13-9-3)67-69-47-51-71(52-48-69)72-53-49-70(50-54-72)68-88-66-64-80(86(6)76-61-57-74(84)58-62-76)78(44-40-36-32-28-24-20-16-12-8-2)82(88)46-42-38-34-30-26-22-18-14-10-4/h23-30,47-66H,7-22,31-46,67-68H2,1-6H3/q+2/b27-23+,28-24+,29-25+,30-26+. The van der Waals surface area contributed by atoms with Gasteiger partial charge in [0.1, 0.15) is 0 Å². The summed E-state index contributed by atoms with van der Waals surface area (Å²) in [6, 6.07) is 40.2. The average molecular weight is 1230 g/mol. The van der Waals surface area contributed by atoms with Crippen LogP contribution in [-0.2, 0) is 38.8 Å². The Morgan fingerprint density at radius 2 is 0.591 bits per heavy atom. The molecule has 2 aromatic heterocycles. The number of benzene rings is 4. The van der Waals surface area contributed by atoms with Gasteiger partial charge in [0.25, 0.3) is 0 Å². The highest BCUT2D eigenvalue weighted by atomic mass is 35.5. The Labute approximate surface area is 546 Å². The highest BCUT2D eigenvalue weighted by Crippen LogP contribution is 2.34. The first-order valence-electron chi connectivity index (χ1n) is 35.1. The number of nitrogens with zero attached hydrogens (tertiary/aromatic N) is 4. The van der Waals surface area contributed by atoms with Crippen molar-refractivity contribution in [3.63, 3.8) is 0 Å². The zero-order valence-electron chi connectivity index (χ0n) is 55.8. The lowest BCUT2D eigenvalue weighted by Crippen LogP contribution is -2.40. The van der Waals surface area contributed by atoms with Crippen LogP contribution < -0.4 is 18.9 Å². The molecular weight excluding hydrogens is 1110 g/mol. The Bertz CT molecular complexity index is 2750. The zero-order chi connectivity index (χ0) is 62.2. The summed E-state index contributed by atoms with van der Waals surface area (Å²) in [5, 5.41) is 1.53. The van der Waals surface area contributed by atoms with Crippen molar-refractivity contribution >= 4 is 46.0 Å². The molecule has 2 heterocycles. The number of rotatable bonds is 45. The van der Waals surface area contributed by atoms with E-state index in [-0.39, 0.29) is 0 Å². The normalized spacial score (nSPS) is 11.9. The first kappa shape index (κ1) is 71.4. The summed E-state index contributed by atoms with van der Waals surface area (Å²) >= 11 is 12.9.